The summed E-state index contributed by atoms with van der Waals surface area (Å²) in [7, 11) is 1.67. The van der Waals surface area contributed by atoms with E-state index >= 15 is 0 Å². The lowest BCUT2D eigenvalue weighted by molar-refractivity contribution is 1.35. The second kappa shape index (κ2) is 3.59. The van der Waals surface area contributed by atoms with Gasteiger partial charge in [-0.3, -0.25) is 4.99 Å². The summed E-state index contributed by atoms with van der Waals surface area (Å²) in [6, 6.07) is 5.55. The fraction of sp³-hybridized carbons (Fsp3) is 0.222. The molecule has 2 N–H and O–H groups in total. The Labute approximate surface area is 77.1 Å². The first-order chi connectivity index (χ1) is 5.65. The highest BCUT2D eigenvalue weighted by Crippen LogP contribution is 2.14. The molecule has 0 radical (unpaired) electrons. The smallest absolute Gasteiger partial charge is 0.125 e. The Morgan fingerprint density at radius 3 is 2.67 bits per heavy atom. The molecule has 0 spiro atoms. The van der Waals surface area contributed by atoms with Crippen LogP contribution >= 0.6 is 11.6 Å². The van der Waals surface area contributed by atoms with Crippen LogP contribution in [0, 0.1) is 6.92 Å². The van der Waals surface area contributed by atoms with Crippen molar-refractivity contribution < 1.29 is 0 Å². The average Bonchev–Trinajstić information content (AvgIpc) is 2.03. The van der Waals surface area contributed by atoms with Crippen LogP contribution in [0.25, 0.3) is 0 Å². The lowest BCUT2D eigenvalue weighted by Crippen LogP contribution is -2.14. The molecule has 64 valence electrons. The highest BCUT2D eigenvalue weighted by molar-refractivity contribution is 6.30. The monoisotopic (exact) mass is 182 g/mol. The summed E-state index contributed by atoms with van der Waals surface area (Å²) < 4.78 is 0. The zero-order valence-corrected chi connectivity index (χ0v) is 7.89. The third-order valence-corrected chi connectivity index (χ3v) is 1.94. The van der Waals surface area contributed by atoms with Crippen molar-refractivity contribution in [1.29, 1.82) is 0 Å². The van der Waals surface area contributed by atoms with Crippen molar-refractivity contribution in [3.05, 3.63) is 34.3 Å². The summed E-state index contributed by atoms with van der Waals surface area (Å²) in [5, 5.41) is 0.722. The number of amidine groups is 1. The van der Waals surface area contributed by atoms with Gasteiger partial charge in [-0.25, -0.2) is 0 Å². The fourth-order valence-corrected chi connectivity index (χ4v) is 1.26. The van der Waals surface area contributed by atoms with Gasteiger partial charge in [0.1, 0.15) is 5.84 Å². The molecule has 3 heteroatoms. The average molecular weight is 183 g/mol. The van der Waals surface area contributed by atoms with Gasteiger partial charge < -0.3 is 5.73 Å². The molecular weight excluding hydrogens is 172 g/mol. The Hall–Kier alpha value is -1.02. The molecule has 0 atom stereocenters. The van der Waals surface area contributed by atoms with Gasteiger partial charge in [0.2, 0.25) is 0 Å². The molecule has 0 aliphatic carbocycles. The van der Waals surface area contributed by atoms with Crippen LogP contribution in [0.15, 0.2) is 23.2 Å². The molecule has 2 nitrogen and oxygen atoms in total. The molecule has 0 aliphatic rings. The molecule has 0 saturated carbocycles. The highest BCUT2D eigenvalue weighted by atomic mass is 35.5. The predicted molar refractivity (Wildman–Crippen MR) is 52.8 cm³/mol. The van der Waals surface area contributed by atoms with Gasteiger partial charge in [0.15, 0.2) is 0 Å². The lowest BCUT2D eigenvalue weighted by Gasteiger charge is -2.03. The van der Waals surface area contributed by atoms with E-state index in [1.54, 1.807) is 7.05 Å². The van der Waals surface area contributed by atoms with Crippen molar-refractivity contribution in [2.24, 2.45) is 10.7 Å². The summed E-state index contributed by atoms with van der Waals surface area (Å²) in [6.45, 7) is 1.96. The van der Waals surface area contributed by atoms with Crippen LogP contribution < -0.4 is 5.73 Å². The van der Waals surface area contributed by atoms with Gasteiger partial charge in [0.25, 0.3) is 0 Å². The van der Waals surface area contributed by atoms with Gasteiger partial charge in [-0.2, -0.15) is 0 Å². The molecule has 0 aliphatic heterocycles. The zero-order chi connectivity index (χ0) is 9.14. The number of rotatable bonds is 1. The number of hydrogen-bond donors (Lipinski definition) is 1. The zero-order valence-electron chi connectivity index (χ0n) is 7.13. The molecule has 12 heavy (non-hydrogen) atoms. The molecule has 1 aromatic carbocycles. The van der Waals surface area contributed by atoms with E-state index in [4.69, 9.17) is 17.3 Å². The molecule has 0 unspecified atom stereocenters. The van der Waals surface area contributed by atoms with E-state index in [-0.39, 0.29) is 0 Å². The van der Waals surface area contributed by atoms with Crippen molar-refractivity contribution in [3.63, 3.8) is 0 Å². The Morgan fingerprint density at radius 1 is 1.50 bits per heavy atom. The van der Waals surface area contributed by atoms with Gasteiger partial charge in [0, 0.05) is 17.6 Å². The number of nitrogens with two attached hydrogens (primary N) is 1. The van der Waals surface area contributed by atoms with E-state index < -0.39 is 0 Å². The van der Waals surface area contributed by atoms with Crippen molar-refractivity contribution in [1.82, 2.24) is 0 Å². The first-order valence-electron chi connectivity index (χ1n) is 3.64. The minimum absolute atomic E-state index is 0.546. The Morgan fingerprint density at radius 2 is 2.17 bits per heavy atom. The van der Waals surface area contributed by atoms with Gasteiger partial charge >= 0.3 is 0 Å². The molecule has 1 aromatic rings. The second-order valence-electron chi connectivity index (χ2n) is 2.57. The SMILES string of the molecule is CN=C(N)c1ccc(Cl)cc1C. The molecular formula is C9H11ClN2. The molecule has 1 rings (SSSR count). The number of halogens is 1. The van der Waals surface area contributed by atoms with Crippen LogP contribution in [-0.2, 0) is 0 Å². The number of hydrogen-bond acceptors (Lipinski definition) is 1. The highest BCUT2D eigenvalue weighted by Gasteiger charge is 2.01. The normalized spacial score (nSPS) is 11.8. The fourth-order valence-electron chi connectivity index (χ4n) is 1.03. The van der Waals surface area contributed by atoms with Crippen LogP contribution in [0.1, 0.15) is 11.1 Å². The Balaban J connectivity index is 3.18. The van der Waals surface area contributed by atoms with Crippen LogP contribution in [0.4, 0.5) is 0 Å². The largest absolute Gasteiger partial charge is 0.384 e. The van der Waals surface area contributed by atoms with E-state index in [0.717, 1.165) is 16.1 Å². The summed E-state index contributed by atoms with van der Waals surface area (Å²) >= 11 is 5.78. The summed E-state index contributed by atoms with van der Waals surface area (Å²) in [4.78, 5) is 3.90. The Kier molecular flexibility index (Phi) is 2.71. The molecule has 0 bridgehead atoms. The molecule has 0 amide bonds. The summed E-state index contributed by atoms with van der Waals surface area (Å²) in [5.74, 6) is 0.546. The number of nitrogens with zero attached hydrogens (tertiary/aromatic N) is 1. The van der Waals surface area contributed by atoms with E-state index in [9.17, 15) is 0 Å². The quantitative estimate of drug-likeness (QED) is 0.524. The number of benzene rings is 1. The van der Waals surface area contributed by atoms with Crippen LogP contribution in [0.3, 0.4) is 0 Å². The molecule has 0 saturated heterocycles. The van der Waals surface area contributed by atoms with Crippen LogP contribution in [0.5, 0.6) is 0 Å². The third kappa shape index (κ3) is 1.77. The molecule has 0 fully saturated rings. The number of aryl methyl sites for hydroxylation is 1. The van der Waals surface area contributed by atoms with Crippen molar-refractivity contribution >= 4 is 17.4 Å². The third-order valence-electron chi connectivity index (χ3n) is 1.71. The minimum Gasteiger partial charge on any atom is -0.384 e. The minimum atomic E-state index is 0.546. The van der Waals surface area contributed by atoms with E-state index in [2.05, 4.69) is 4.99 Å². The van der Waals surface area contributed by atoms with E-state index in [0.29, 0.717) is 5.84 Å². The topological polar surface area (TPSA) is 38.4 Å². The summed E-state index contributed by atoms with van der Waals surface area (Å²) in [5.41, 5.74) is 7.65. The van der Waals surface area contributed by atoms with Gasteiger partial charge in [-0.15, -0.1) is 0 Å². The maximum atomic E-state index is 5.78. The Bertz CT molecular complexity index is 318. The van der Waals surface area contributed by atoms with Crippen LogP contribution in [0.2, 0.25) is 5.02 Å². The van der Waals surface area contributed by atoms with Gasteiger partial charge in [0.05, 0.1) is 0 Å². The summed E-state index contributed by atoms with van der Waals surface area (Å²) in [6.07, 6.45) is 0. The lowest BCUT2D eigenvalue weighted by atomic mass is 10.1. The maximum absolute atomic E-state index is 5.78. The second-order valence-corrected chi connectivity index (χ2v) is 3.00. The first-order valence-corrected chi connectivity index (χ1v) is 4.01. The number of aliphatic imine (C=N–C) groups is 1. The van der Waals surface area contributed by atoms with Crippen molar-refractivity contribution in [2.75, 3.05) is 7.05 Å². The standard InChI is InChI=1S/C9H11ClN2/c1-6-5-7(10)3-4-8(6)9(11)12-2/h3-5H,1-2H3,(H2,11,12). The van der Waals surface area contributed by atoms with Crippen molar-refractivity contribution in [3.8, 4) is 0 Å². The van der Waals surface area contributed by atoms with Crippen LogP contribution in [-0.4, -0.2) is 12.9 Å². The molecule has 0 heterocycles. The van der Waals surface area contributed by atoms with Gasteiger partial charge in [-0.05, 0) is 30.7 Å². The molecule has 0 aromatic heterocycles. The predicted octanol–water partition coefficient (Wildman–Crippen LogP) is 1.98. The van der Waals surface area contributed by atoms with E-state index in [1.165, 1.54) is 0 Å². The van der Waals surface area contributed by atoms with Gasteiger partial charge in [-0.1, -0.05) is 11.6 Å². The first kappa shape index (κ1) is 9.07. The van der Waals surface area contributed by atoms with Crippen molar-refractivity contribution in [2.45, 2.75) is 6.92 Å². The van der Waals surface area contributed by atoms with E-state index in [1.807, 2.05) is 25.1 Å². The maximum Gasteiger partial charge on any atom is 0.125 e.